The van der Waals surface area contributed by atoms with Gasteiger partial charge >= 0.3 is 0 Å². The van der Waals surface area contributed by atoms with E-state index < -0.39 is 21.7 Å². The number of nitrogens with zero attached hydrogens (tertiary/aromatic N) is 5. The fourth-order valence-corrected chi connectivity index (χ4v) is 3.95. The predicted molar refractivity (Wildman–Crippen MR) is 121 cm³/mol. The number of nitrogen functional groups attached to an aromatic ring is 1. The molecular weight excluding hydrogens is 445 g/mol. The maximum absolute atomic E-state index is 13.9. The van der Waals surface area contributed by atoms with Crippen LogP contribution in [0.5, 0.6) is 0 Å². The lowest BCUT2D eigenvalue weighted by Gasteiger charge is -2.19. The number of benzene rings is 1. The number of nitrogens with one attached hydrogen (secondary N) is 1. The first-order valence-corrected chi connectivity index (χ1v) is 11.6. The number of rotatable bonds is 5. The highest BCUT2D eigenvalue weighted by molar-refractivity contribution is 7.90. The summed E-state index contributed by atoms with van der Waals surface area (Å²) in [6, 6.07) is 12.0. The van der Waals surface area contributed by atoms with Crippen LogP contribution in [0.1, 0.15) is 24.2 Å². The van der Waals surface area contributed by atoms with Crippen molar-refractivity contribution in [2.45, 2.75) is 18.0 Å². The Balaban J connectivity index is 1.90. The largest absolute Gasteiger partial charge is 0.382 e. The zero-order valence-electron chi connectivity index (χ0n) is 17.6. The molecule has 0 aliphatic heterocycles. The van der Waals surface area contributed by atoms with Crippen molar-refractivity contribution in [2.24, 2.45) is 0 Å². The summed E-state index contributed by atoms with van der Waals surface area (Å²) in [5.74, 6) is -0.170. The molecule has 3 aromatic heterocycles. The second kappa shape index (κ2) is 8.40. The Morgan fingerprint density at radius 3 is 2.67 bits per heavy atom. The fourth-order valence-electron chi connectivity index (χ4n) is 3.36. The number of sulfone groups is 1. The normalized spacial score (nSPS) is 12.3. The number of pyridine rings is 2. The van der Waals surface area contributed by atoms with Gasteiger partial charge in [-0.05, 0) is 43.3 Å². The highest BCUT2D eigenvalue weighted by atomic mass is 32.2. The molecule has 3 N–H and O–H groups in total. The molecule has 0 fully saturated rings. The van der Waals surface area contributed by atoms with Crippen LogP contribution in [0.2, 0.25) is 0 Å². The van der Waals surface area contributed by atoms with Crippen molar-refractivity contribution in [3.05, 3.63) is 65.9 Å². The van der Waals surface area contributed by atoms with E-state index in [1.54, 1.807) is 31.2 Å². The van der Waals surface area contributed by atoms with Crippen LogP contribution in [-0.4, -0.2) is 34.6 Å². The molecule has 3 heterocycles. The standard InChI is InChI=1S/C22H18FN7O2S/c1-12(28-22-16(10-24)21(25)26-11-27-22)20-15(9-13-8-14(23)6-7-17(13)30-20)18-4-3-5-19(29-18)33(2,31)32/h3-9,11-12H,1-2H3,(H3,25,26,27,28)/t12-/m0/s1. The molecule has 1 atom stereocenters. The summed E-state index contributed by atoms with van der Waals surface area (Å²) in [4.78, 5) is 16.9. The lowest BCUT2D eigenvalue weighted by Crippen LogP contribution is -2.14. The van der Waals surface area contributed by atoms with Crippen molar-refractivity contribution in [3.8, 4) is 17.3 Å². The van der Waals surface area contributed by atoms with E-state index >= 15 is 0 Å². The number of aromatic nitrogens is 4. The number of hydrogen-bond acceptors (Lipinski definition) is 9. The van der Waals surface area contributed by atoms with E-state index in [4.69, 9.17) is 5.73 Å². The third kappa shape index (κ3) is 4.42. The van der Waals surface area contributed by atoms with Crippen LogP contribution in [0.4, 0.5) is 16.0 Å². The van der Waals surface area contributed by atoms with Gasteiger partial charge in [-0.3, -0.25) is 0 Å². The Morgan fingerprint density at radius 1 is 1.15 bits per heavy atom. The molecule has 166 valence electrons. The first kappa shape index (κ1) is 22.0. The Bertz CT molecular complexity index is 1530. The van der Waals surface area contributed by atoms with Gasteiger partial charge in [0.2, 0.25) is 0 Å². The van der Waals surface area contributed by atoms with Gasteiger partial charge in [-0.25, -0.2) is 32.7 Å². The molecule has 9 nitrogen and oxygen atoms in total. The molecule has 1 aromatic carbocycles. The van der Waals surface area contributed by atoms with Gasteiger partial charge in [-0.1, -0.05) is 6.07 Å². The third-order valence-corrected chi connectivity index (χ3v) is 5.92. The van der Waals surface area contributed by atoms with Gasteiger partial charge in [0.25, 0.3) is 0 Å². The zero-order chi connectivity index (χ0) is 23.8. The van der Waals surface area contributed by atoms with Crippen molar-refractivity contribution in [3.63, 3.8) is 0 Å². The van der Waals surface area contributed by atoms with E-state index in [0.29, 0.717) is 27.9 Å². The van der Waals surface area contributed by atoms with Crippen molar-refractivity contribution in [1.82, 2.24) is 19.9 Å². The quantitative estimate of drug-likeness (QED) is 0.455. The molecule has 0 aliphatic carbocycles. The van der Waals surface area contributed by atoms with E-state index in [1.807, 2.05) is 6.07 Å². The van der Waals surface area contributed by atoms with Crippen LogP contribution in [0.25, 0.3) is 22.2 Å². The molecule has 0 saturated heterocycles. The van der Waals surface area contributed by atoms with Crippen molar-refractivity contribution in [2.75, 3.05) is 17.3 Å². The average molecular weight is 463 g/mol. The Morgan fingerprint density at radius 2 is 1.94 bits per heavy atom. The molecule has 0 spiro atoms. The summed E-state index contributed by atoms with van der Waals surface area (Å²) < 4.78 is 37.9. The SMILES string of the molecule is C[C@H](Nc1ncnc(N)c1C#N)c1nc2ccc(F)cc2cc1-c1cccc(S(C)(=O)=O)n1. The molecule has 4 aromatic rings. The van der Waals surface area contributed by atoms with E-state index in [-0.39, 0.29) is 22.2 Å². The van der Waals surface area contributed by atoms with Gasteiger partial charge in [0.05, 0.1) is 22.9 Å². The zero-order valence-corrected chi connectivity index (χ0v) is 18.4. The van der Waals surface area contributed by atoms with Crippen LogP contribution >= 0.6 is 0 Å². The number of nitrogens with two attached hydrogens (primary N) is 1. The summed E-state index contributed by atoms with van der Waals surface area (Å²) in [7, 11) is -3.55. The highest BCUT2D eigenvalue weighted by Gasteiger charge is 2.20. The van der Waals surface area contributed by atoms with E-state index in [2.05, 4.69) is 25.3 Å². The van der Waals surface area contributed by atoms with Gasteiger partial charge in [0.15, 0.2) is 14.9 Å². The molecule has 0 amide bonds. The van der Waals surface area contributed by atoms with E-state index in [1.165, 1.54) is 24.5 Å². The topological polar surface area (TPSA) is 148 Å². The van der Waals surface area contributed by atoms with Crippen LogP contribution in [0.15, 0.2) is 53.8 Å². The maximum Gasteiger partial charge on any atom is 0.192 e. The van der Waals surface area contributed by atoms with Crippen molar-refractivity contribution >= 4 is 32.4 Å². The molecule has 0 saturated carbocycles. The Hall–Kier alpha value is -4.17. The molecule has 33 heavy (non-hydrogen) atoms. The van der Waals surface area contributed by atoms with Crippen LogP contribution in [0, 0.1) is 17.1 Å². The van der Waals surface area contributed by atoms with Crippen LogP contribution in [-0.2, 0) is 9.84 Å². The minimum absolute atomic E-state index is 0.0342. The molecule has 0 bridgehead atoms. The number of anilines is 2. The first-order valence-electron chi connectivity index (χ1n) is 9.72. The Kier molecular flexibility index (Phi) is 5.61. The van der Waals surface area contributed by atoms with Crippen molar-refractivity contribution in [1.29, 1.82) is 5.26 Å². The molecule has 0 radical (unpaired) electrons. The second-order valence-corrected chi connectivity index (χ2v) is 9.31. The lowest BCUT2D eigenvalue weighted by molar-refractivity contribution is 0.598. The number of fused-ring (bicyclic) bond motifs is 1. The Labute approximate surface area is 189 Å². The van der Waals surface area contributed by atoms with E-state index in [0.717, 1.165) is 6.26 Å². The molecule has 0 aliphatic rings. The van der Waals surface area contributed by atoms with Crippen LogP contribution < -0.4 is 11.1 Å². The van der Waals surface area contributed by atoms with Gasteiger partial charge in [0.1, 0.15) is 35.4 Å². The second-order valence-electron chi connectivity index (χ2n) is 7.35. The number of halogens is 1. The summed E-state index contributed by atoms with van der Waals surface area (Å²) in [5.41, 5.74) is 7.75. The summed E-state index contributed by atoms with van der Waals surface area (Å²) >= 11 is 0. The number of nitriles is 1. The van der Waals surface area contributed by atoms with Gasteiger partial charge in [-0.2, -0.15) is 5.26 Å². The molecule has 0 unspecified atom stereocenters. The lowest BCUT2D eigenvalue weighted by atomic mass is 10.0. The smallest absolute Gasteiger partial charge is 0.192 e. The monoisotopic (exact) mass is 463 g/mol. The van der Waals surface area contributed by atoms with Gasteiger partial charge in [0, 0.05) is 17.2 Å². The predicted octanol–water partition coefficient (Wildman–Crippen LogP) is 3.26. The van der Waals surface area contributed by atoms with E-state index in [9.17, 15) is 18.1 Å². The summed E-state index contributed by atoms with van der Waals surface area (Å²) in [6.45, 7) is 1.79. The highest BCUT2D eigenvalue weighted by Crippen LogP contribution is 2.32. The molecular formula is C22H18FN7O2S. The number of hydrogen-bond donors (Lipinski definition) is 2. The van der Waals surface area contributed by atoms with Gasteiger partial charge in [-0.15, -0.1) is 0 Å². The summed E-state index contributed by atoms with van der Waals surface area (Å²) in [5, 5.41) is 13.0. The minimum atomic E-state index is -3.55. The molecule has 11 heteroatoms. The van der Waals surface area contributed by atoms with Gasteiger partial charge < -0.3 is 11.1 Å². The minimum Gasteiger partial charge on any atom is -0.382 e. The summed E-state index contributed by atoms with van der Waals surface area (Å²) in [6.07, 6.45) is 2.31. The fraction of sp³-hybridized carbons (Fsp3) is 0.136. The first-order chi connectivity index (χ1) is 15.7. The maximum atomic E-state index is 13.9. The van der Waals surface area contributed by atoms with Crippen molar-refractivity contribution < 1.29 is 12.8 Å². The third-order valence-electron chi connectivity index (χ3n) is 4.94. The van der Waals surface area contributed by atoms with Crippen LogP contribution in [0.3, 0.4) is 0 Å². The average Bonchev–Trinajstić information content (AvgIpc) is 2.78. The molecule has 4 rings (SSSR count).